The molecule has 1 atom stereocenters. The maximum atomic E-state index is 12.0. The number of allylic oxidation sites excluding steroid dienone is 1. The monoisotopic (exact) mass is 502 g/mol. The Labute approximate surface area is 215 Å². The van der Waals surface area contributed by atoms with Gasteiger partial charge in [-0.3, -0.25) is 25.3 Å². The average molecular weight is 503 g/mol. The number of aliphatic imine (C=N–C) groups is 1. The second-order valence-electron chi connectivity index (χ2n) is 9.07. The zero-order valence-corrected chi connectivity index (χ0v) is 20.8. The van der Waals surface area contributed by atoms with Crippen LogP contribution in [0.25, 0.3) is 10.9 Å². The van der Waals surface area contributed by atoms with Crippen LogP contribution in [-0.2, 0) is 16.8 Å². The largest absolute Gasteiger partial charge is 0.492 e. The number of likely N-dealkylation sites (N-methyl/N-ethyl adjacent to an activating group) is 1. The SMILES string of the molecule is CCNC1(c2cc3ncncc3cc2[N+](=O)[O-])C=C(Cc2ccccc2OCCN2CCOCC2)C=N1. The molecule has 2 aliphatic heterocycles. The maximum Gasteiger partial charge on any atom is 0.277 e. The molecule has 0 radical (unpaired) electrons. The highest BCUT2D eigenvalue weighted by Crippen LogP contribution is 2.38. The molecule has 0 aliphatic carbocycles. The molecule has 192 valence electrons. The Morgan fingerprint density at radius 3 is 2.89 bits per heavy atom. The minimum Gasteiger partial charge on any atom is -0.492 e. The molecule has 1 fully saturated rings. The van der Waals surface area contributed by atoms with Crippen LogP contribution in [0.5, 0.6) is 5.75 Å². The molecule has 0 amide bonds. The zero-order valence-electron chi connectivity index (χ0n) is 20.8. The van der Waals surface area contributed by atoms with E-state index in [1.54, 1.807) is 18.5 Å². The summed E-state index contributed by atoms with van der Waals surface area (Å²) in [4.78, 5) is 27.1. The summed E-state index contributed by atoms with van der Waals surface area (Å²) in [6, 6.07) is 11.2. The molecule has 2 aromatic carbocycles. The molecule has 1 aromatic heterocycles. The number of morpholine rings is 1. The minimum atomic E-state index is -1.06. The summed E-state index contributed by atoms with van der Waals surface area (Å²) in [5.41, 5.74) is 1.98. The second kappa shape index (κ2) is 11.1. The van der Waals surface area contributed by atoms with Gasteiger partial charge in [0.05, 0.1) is 29.2 Å². The molecule has 1 N–H and O–H groups in total. The fourth-order valence-corrected chi connectivity index (χ4v) is 4.83. The van der Waals surface area contributed by atoms with Crippen LogP contribution in [0.2, 0.25) is 0 Å². The van der Waals surface area contributed by atoms with Gasteiger partial charge in [-0.25, -0.2) is 9.97 Å². The molecule has 0 saturated carbocycles. The first-order valence-electron chi connectivity index (χ1n) is 12.5. The van der Waals surface area contributed by atoms with E-state index in [1.165, 1.54) is 12.4 Å². The van der Waals surface area contributed by atoms with E-state index in [1.807, 2.05) is 37.3 Å². The first-order chi connectivity index (χ1) is 18.1. The predicted molar refractivity (Wildman–Crippen MR) is 141 cm³/mol. The summed E-state index contributed by atoms with van der Waals surface area (Å²) in [5, 5.41) is 16.0. The number of hydrogen-bond donors (Lipinski definition) is 1. The van der Waals surface area contributed by atoms with Gasteiger partial charge in [-0.05, 0) is 35.9 Å². The van der Waals surface area contributed by atoms with E-state index < -0.39 is 5.66 Å². The van der Waals surface area contributed by atoms with E-state index in [2.05, 4.69) is 20.2 Å². The Morgan fingerprint density at radius 1 is 1.24 bits per heavy atom. The lowest BCUT2D eigenvalue weighted by Gasteiger charge is -2.26. The summed E-state index contributed by atoms with van der Waals surface area (Å²) < 4.78 is 11.6. The third-order valence-corrected chi connectivity index (χ3v) is 6.64. The second-order valence-corrected chi connectivity index (χ2v) is 9.07. The third-order valence-electron chi connectivity index (χ3n) is 6.64. The van der Waals surface area contributed by atoms with Gasteiger partial charge in [-0.15, -0.1) is 0 Å². The highest BCUT2D eigenvalue weighted by molar-refractivity contribution is 5.86. The number of nitrogens with one attached hydrogen (secondary N) is 1. The molecule has 0 bridgehead atoms. The van der Waals surface area contributed by atoms with Crippen LogP contribution in [0.1, 0.15) is 18.1 Å². The van der Waals surface area contributed by atoms with Crippen molar-refractivity contribution in [2.45, 2.75) is 19.0 Å². The van der Waals surface area contributed by atoms with Crippen LogP contribution >= 0.6 is 0 Å². The fraction of sp³-hybridized carbons (Fsp3) is 0.370. The van der Waals surface area contributed by atoms with E-state index in [4.69, 9.17) is 14.5 Å². The van der Waals surface area contributed by atoms with Crippen LogP contribution < -0.4 is 10.1 Å². The maximum absolute atomic E-state index is 12.0. The number of aromatic nitrogens is 2. The summed E-state index contributed by atoms with van der Waals surface area (Å²) >= 11 is 0. The van der Waals surface area contributed by atoms with Gasteiger partial charge in [-0.2, -0.15) is 0 Å². The van der Waals surface area contributed by atoms with Crippen molar-refractivity contribution in [1.29, 1.82) is 0 Å². The zero-order chi connectivity index (χ0) is 25.7. The van der Waals surface area contributed by atoms with Gasteiger partial charge in [0.15, 0.2) is 5.66 Å². The topological polar surface area (TPSA) is 115 Å². The van der Waals surface area contributed by atoms with Crippen molar-refractivity contribution in [3.05, 3.63) is 81.8 Å². The predicted octanol–water partition coefficient (Wildman–Crippen LogP) is 3.26. The number of para-hydroxylation sites is 1. The molecule has 1 unspecified atom stereocenters. The Bertz CT molecular complexity index is 1340. The van der Waals surface area contributed by atoms with Gasteiger partial charge >= 0.3 is 0 Å². The molecular weight excluding hydrogens is 472 g/mol. The highest BCUT2D eigenvalue weighted by atomic mass is 16.6. The van der Waals surface area contributed by atoms with E-state index in [9.17, 15) is 10.1 Å². The van der Waals surface area contributed by atoms with E-state index >= 15 is 0 Å². The number of nitro benzene ring substituents is 1. The standard InChI is InChI=1S/C27H30N6O4/c1-2-30-27(23-15-24-22(18-28-19-29-24)14-25(23)33(34)35)16-20(17-31-27)13-21-5-3-4-6-26(21)37-12-9-32-7-10-36-11-8-32/h3-6,14-19,30H,2,7-13H2,1H3. The lowest BCUT2D eigenvalue weighted by molar-refractivity contribution is -0.385. The Kier molecular flexibility index (Phi) is 7.50. The van der Waals surface area contributed by atoms with E-state index in [0.29, 0.717) is 36.0 Å². The molecule has 0 spiro atoms. The quantitative estimate of drug-likeness (QED) is 0.332. The summed E-state index contributed by atoms with van der Waals surface area (Å²) in [6.45, 7) is 7.34. The van der Waals surface area contributed by atoms with Crippen LogP contribution in [0.3, 0.4) is 0 Å². The van der Waals surface area contributed by atoms with E-state index in [-0.39, 0.29) is 10.6 Å². The Morgan fingerprint density at radius 2 is 2.08 bits per heavy atom. The number of rotatable bonds is 10. The normalized spacial score (nSPS) is 19.8. The van der Waals surface area contributed by atoms with Gasteiger partial charge in [0.2, 0.25) is 0 Å². The minimum absolute atomic E-state index is 0.0234. The average Bonchev–Trinajstić information content (AvgIpc) is 3.33. The lowest BCUT2D eigenvalue weighted by atomic mass is 9.94. The molecule has 10 nitrogen and oxygen atoms in total. The molecule has 37 heavy (non-hydrogen) atoms. The molecular formula is C27H30N6O4. The fourth-order valence-electron chi connectivity index (χ4n) is 4.83. The van der Waals surface area contributed by atoms with Gasteiger partial charge in [-0.1, -0.05) is 25.1 Å². The number of nitro groups is 1. The molecule has 3 heterocycles. The Balaban J connectivity index is 1.40. The van der Waals surface area contributed by atoms with Crippen molar-refractivity contribution in [1.82, 2.24) is 20.2 Å². The van der Waals surface area contributed by atoms with Crippen LogP contribution in [0, 0.1) is 10.1 Å². The van der Waals surface area contributed by atoms with E-state index in [0.717, 1.165) is 49.7 Å². The summed E-state index contributed by atoms with van der Waals surface area (Å²) in [5.74, 6) is 0.833. The van der Waals surface area contributed by atoms with Crippen molar-refractivity contribution >= 4 is 22.8 Å². The third kappa shape index (κ3) is 5.51. The Hall–Kier alpha value is -3.73. The molecule has 3 aromatic rings. The number of ether oxygens (including phenoxy) is 2. The van der Waals surface area contributed by atoms with Gasteiger partial charge in [0.1, 0.15) is 18.7 Å². The van der Waals surface area contributed by atoms with Gasteiger partial charge in [0.25, 0.3) is 5.69 Å². The van der Waals surface area contributed by atoms with Crippen LogP contribution in [-0.4, -0.2) is 72.0 Å². The van der Waals surface area contributed by atoms with Crippen molar-refractivity contribution in [3.63, 3.8) is 0 Å². The van der Waals surface area contributed by atoms with Crippen LogP contribution in [0.15, 0.2) is 65.6 Å². The molecule has 2 aliphatic rings. The molecule has 10 heteroatoms. The summed E-state index contributed by atoms with van der Waals surface area (Å²) in [6.07, 6.45) is 7.37. The smallest absolute Gasteiger partial charge is 0.277 e. The van der Waals surface area contributed by atoms with Crippen LogP contribution in [0.4, 0.5) is 5.69 Å². The van der Waals surface area contributed by atoms with Gasteiger partial charge < -0.3 is 9.47 Å². The number of benzene rings is 2. The highest BCUT2D eigenvalue weighted by Gasteiger charge is 2.38. The van der Waals surface area contributed by atoms with Crippen molar-refractivity contribution in [2.24, 2.45) is 4.99 Å². The summed E-state index contributed by atoms with van der Waals surface area (Å²) in [7, 11) is 0. The first kappa shape index (κ1) is 24.9. The number of nitrogens with zero attached hydrogens (tertiary/aromatic N) is 5. The van der Waals surface area contributed by atoms with Gasteiger partial charge in [0, 0.05) is 49.9 Å². The lowest BCUT2D eigenvalue weighted by Crippen LogP contribution is -2.38. The first-order valence-corrected chi connectivity index (χ1v) is 12.5. The number of fused-ring (bicyclic) bond motifs is 1. The van der Waals surface area contributed by atoms with Crippen molar-refractivity contribution < 1.29 is 14.4 Å². The molecule has 5 rings (SSSR count). The molecule has 1 saturated heterocycles. The van der Waals surface area contributed by atoms with Crippen molar-refractivity contribution in [3.8, 4) is 5.75 Å². The van der Waals surface area contributed by atoms with Crippen molar-refractivity contribution in [2.75, 3.05) is 46.0 Å². The number of hydrogen-bond acceptors (Lipinski definition) is 9.